The predicted octanol–water partition coefficient (Wildman–Crippen LogP) is 3.00. The Bertz CT molecular complexity index is 438. The van der Waals surface area contributed by atoms with Crippen molar-refractivity contribution in [2.24, 2.45) is 0 Å². The molecule has 0 radical (unpaired) electrons. The second kappa shape index (κ2) is 5.29. The number of esters is 1. The smallest absolute Gasteiger partial charge is 0.339 e. The summed E-state index contributed by atoms with van der Waals surface area (Å²) in [6.45, 7) is 0. The molecule has 0 saturated heterocycles. The zero-order valence-electron chi connectivity index (χ0n) is 7.88. The second-order valence-corrected chi connectivity index (χ2v) is 4.11. The van der Waals surface area contributed by atoms with Crippen molar-refractivity contribution in [1.29, 1.82) is 5.26 Å². The van der Waals surface area contributed by atoms with Crippen molar-refractivity contribution in [2.45, 2.75) is 5.33 Å². The van der Waals surface area contributed by atoms with E-state index in [-0.39, 0.29) is 0 Å². The Morgan fingerprint density at radius 2 is 2.27 bits per heavy atom. The van der Waals surface area contributed by atoms with Gasteiger partial charge in [-0.25, -0.2) is 4.79 Å². The highest BCUT2D eigenvalue weighted by molar-refractivity contribution is 9.10. The molecule has 0 spiro atoms. The molecule has 3 nitrogen and oxygen atoms in total. The maximum Gasteiger partial charge on any atom is 0.339 e. The summed E-state index contributed by atoms with van der Waals surface area (Å²) in [5.74, 6) is -0.498. The molecule has 0 bridgehead atoms. The van der Waals surface area contributed by atoms with E-state index in [1.54, 1.807) is 12.1 Å². The standard InChI is InChI=1S/C10H7Br2NO2/c1-15-10(14)9-6(4-11)2-3-8(12)7(9)5-13/h2-3H,4H2,1H3. The highest BCUT2D eigenvalue weighted by Crippen LogP contribution is 2.25. The Morgan fingerprint density at radius 3 is 2.73 bits per heavy atom. The van der Waals surface area contributed by atoms with Crippen LogP contribution in [0.3, 0.4) is 0 Å². The monoisotopic (exact) mass is 331 g/mol. The minimum Gasteiger partial charge on any atom is -0.465 e. The van der Waals surface area contributed by atoms with E-state index in [2.05, 4.69) is 36.6 Å². The van der Waals surface area contributed by atoms with Crippen LogP contribution in [0.5, 0.6) is 0 Å². The van der Waals surface area contributed by atoms with Gasteiger partial charge in [0.05, 0.1) is 18.2 Å². The molecule has 0 unspecified atom stereocenters. The molecule has 1 aromatic carbocycles. The summed E-state index contributed by atoms with van der Waals surface area (Å²) in [4.78, 5) is 11.5. The topological polar surface area (TPSA) is 50.1 Å². The third-order valence-corrected chi connectivity index (χ3v) is 3.15. The molecule has 0 atom stereocenters. The van der Waals surface area contributed by atoms with Crippen molar-refractivity contribution < 1.29 is 9.53 Å². The molecule has 1 rings (SSSR count). The molecule has 5 heteroatoms. The third-order valence-electron chi connectivity index (χ3n) is 1.89. The lowest BCUT2D eigenvalue weighted by atomic mass is 10.0. The van der Waals surface area contributed by atoms with Crippen LogP contribution in [0.15, 0.2) is 16.6 Å². The number of rotatable bonds is 2. The normalized spacial score (nSPS) is 9.47. The lowest BCUT2D eigenvalue weighted by molar-refractivity contribution is 0.0599. The number of hydrogen-bond acceptors (Lipinski definition) is 3. The fourth-order valence-electron chi connectivity index (χ4n) is 1.18. The number of carbonyl (C=O) groups is 1. The Hall–Kier alpha value is -0.860. The van der Waals surface area contributed by atoms with Gasteiger partial charge >= 0.3 is 5.97 Å². The number of ether oxygens (including phenoxy) is 1. The molecule has 0 aliphatic rings. The minimum absolute atomic E-state index is 0.304. The molecule has 15 heavy (non-hydrogen) atoms. The van der Waals surface area contributed by atoms with Crippen LogP contribution in [0.4, 0.5) is 0 Å². The van der Waals surface area contributed by atoms with Crippen molar-refractivity contribution in [2.75, 3.05) is 7.11 Å². The van der Waals surface area contributed by atoms with Crippen molar-refractivity contribution in [3.05, 3.63) is 33.3 Å². The molecule has 0 amide bonds. The van der Waals surface area contributed by atoms with Gasteiger partial charge in [0.25, 0.3) is 0 Å². The van der Waals surface area contributed by atoms with Gasteiger partial charge in [0.15, 0.2) is 0 Å². The van der Waals surface area contributed by atoms with Gasteiger partial charge in [-0.15, -0.1) is 0 Å². The van der Waals surface area contributed by atoms with Crippen LogP contribution >= 0.6 is 31.9 Å². The lowest BCUT2D eigenvalue weighted by Gasteiger charge is -2.08. The second-order valence-electron chi connectivity index (χ2n) is 2.69. The van der Waals surface area contributed by atoms with Gasteiger partial charge in [-0.2, -0.15) is 5.26 Å². The summed E-state index contributed by atoms with van der Waals surface area (Å²) in [6, 6.07) is 5.49. The first-order chi connectivity index (χ1) is 7.15. The maximum absolute atomic E-state index is 11.5. The van der Waals surface area contributed by atoms with Crippen LogP contribution in [0, 0.1) is 11.3 Å². The first-order valence-corrected chi connectivity index (χ1v) is 5.93. The zero-order valence-corrected chi connectivity index (χ0v) is 11.1. The molecule has 1 aromatic rings. The molecule has 0 heterocycles. The number of alkyl halides is 1. The SMILES string of the molecule is COC(=O)c1c(CBr)ccc(Br)c1C#N. The first-order valence-electron chi connectivity index (χ1n) is 4.01. The average Bonchev–Trinajstić information content (AvgIpc) is 2.27. The van der Waals surface area contributed by atoms with Gasteiger partial charge in [-0.3, -0.25) is 0 Å². The van der Waals surface area contributed by atoms with E-state index >= 15 is 0 Å². The molecular formula is C10H7Br2NO2. The Balaban J connectivity index is 3.49. The van der Waals surface area contributed by atoms with E-state index in [0.717, 1.165) is 5.56 Å². The number of methoxy groups -OCH3 is 1. The van der Waals surface area contributed by atoms with Gasteiger partial charge in [-0.05, 0) is 27.6 Å². The maximum atomic E-state index is 11.5. The van der Waals surface area contributed by atoms with E-state index in [0.29, 0.717) is 20.9 Å². The minimum atomic E-state index is -0.498. The summed E-state index contributed by atoms with van der Waals surface area (Å²) in [6.07, 6.45) is 0. The summed E-state index contributed by atoms with van der Waals surface area (Å²) < 4.78 is 5.24. The number of nitrogens with zero attached hydrogens (tertiary/aromatic N) is 1. The fraction of sp³-hybridized carbons (Fsp3) is 0.200. The van der Waals surface area contributed by atoms with E-state index in [4.69, 9.17) is 5.26 Å². The van der Waals surface area contributed by atoms with Crippen LogP contribution in [-0.2, 0) is 10.1 Å². The van der Waals surface area contributed by atoms with Gasteiger partial charge in [0.2, 0.25) is 0 Å². The van der Waals surface area contributed by atoms with Crippen molar-refractivity contribution in [3.63, 3.8) is 0 Å². The van der Waals surface area contributed by atoms with E-state index in [1.807, 2.05) is 6.07 Å². The number of benzene rings is 1. The molecule has 0 saturated carbocycles. The average molecular weight is 333 g/mol. The van der Waals surface area contributed by atoms with E-state index in [9.17, 15) is 4.79 Å². The first kappa shape index (κ1) is 12.2. The summed E-state index contributed by atoms with van der Waals surface area (Å²) in [5.41, 5.74) is 1.35. The lowest BCUT2D eigenvalue weighted by Crippen LogP contribution is -2.08. The van der Waals surface area contributed by atoms with Gasteiger partial charge in [0, 0.05) is 9.80 Å². The molecule has 78 valence electrons. The fourth-order valence-corrected chi connectivity index (χ4v) is 2.06. The quantitative estimate of drug-likeness (QED) is 0.618. The predicted molar refractivity (Wildman–Crippen MR) is 62.8 cm³/mol. The van der Waals surface area contributed by atoms with Crippen LogP contribution in [0.2, 0.25) is 0 Å². The molecule has 0 aliphatic carbocycles. The molecule has 0 aliphatic heterocycles. The highest BCUT2D eigenvalue weighted by Gasteiger charge is 2.18. The van der Waals surface area contributed by atoms with Gasteiger partial charge in [0.1, 0.15) is 6.07 Å². The Kier molecular flexibility index (Phi) is 4.30. The van der Waals surface area contributed by atoms with Crippen molar-refractivity contribution in [3.8, 4) is 6.07 Å². The number of halogens is 2. The molecular weight excluding hydrogens is 326 g/mol. The zero-order chi connectivity index (χ0) is 11.4. The van der Waals surface area contributed by atoms with Crippen LogP contribution in [0.25, 0.3) is 0 Å². The van der Waals surface area contributed by atoms with Crippen molar-refractivity contribution in [1.82, 2.24) is 0 Å². The summed E-state index contributed by atoms with van der Waals surface area (Å²) >= 11 is 6.48. The van der Waals surface area contributed by atoms with Crippen LogP contribution < -0.4 is 0 Å². The van der Waals surface area contributed by atoms with E-state index in [1.165, 1.54) is 7.11 Å². The highest BCUT2D eigenvalue weighted by atomic mass is 79.9. The molecule has 0 fully saturated rings. The third kappa shape index (κ3) is 2.39. The number of carbonyl (C=O) groups excluding carboxylic acids is 1. The Morgan fingerprint density at radius 1 is 1.60 bits per heavy atom. The van der Waals surface area contributed by atoms with Gasteiger partial charge < -0.3 is 4.74 Å². The van der Waals surface area contributed by atoms with Crippen LogP contribution in [0.1, 0.15) is 21.5 Å². The molecule has 0 aromatic heterocycles. The number of hydrogen-bond donors (Lipinski definition) is 0. The molecule has 0 N–H and O–H groups in total. The van der Waals surface area contributed by atoms with Crippen molar-refractivity contribution >= 4 is 37.8 Å². The Labute approximate surface area is 104 Å². The summed E-state index contributed by atoms with van der Waals surface area (Å²) in [5, 5.41) is 9.46. The largest absolute Gasteiger partial charge is 0.465 e. The summed E-state index contributed by atoms with van der Waals surface area (Å²) in [7, 11) is 1.29. The van der Waals surface area contributed by atoms with Crippen LogP contribution in [-0.4, -0.2) is 13.1 Å². The van der Waals surface area contributed by atoms with E-state index < -0.39 is 5.97 Å². The number of nitriles is 1. The van der Waals surface area contributed by atoms with Gasteiger partial charge in [-0.1, -0.05) is 22.0 Å².